The van der Waals surface area contributed by atoms with E-state index in [9.17, 15) is 4.79 Å². The van der Waals surface area contributed by atoms with Crippen LogP contribution in [0.3, 0.4) is 0 Å². The molecule has 1 aromatic rings. The van der Waals surface area contributed by atoms with E-state index in [1.54, 1.807) is 6.07 Å². The van der Waals surface area contributed by atoms with E-state index in [1.165, 1.54) is 0 Å². The Kier molecular flexibility index (Phi) is 4.77. The molecule has 1 amide bonds. The van der Waals surface area contributed by atoms with Gasteiger partial charge in [0.25, 0.3) is 0 Å². The molecule has 16 heavy (non-hydrogen) atoms. The summed E-state index contributed by atoms with van der Waals surface area (Å²) < 4.78 is 0. The van der Waals surface area contributed by atoms with Gasteiger partial charge < -0.3 is 11.1 Å². The molecule has 2 atom stereocenters. The van der Waals surface area contributed by atoms with Crippen LogP contribution in [0.2, 0.25) is 5.02 Å². The van der Waals surface area contributed by atoms with Gasteiger partial charge in [-0.05, 0) is 31.0 Å². The monoisotopic (exact) mass is 240 g/mol. The van der Waals surface area contributed by atoms with Gasteiger partial charge in [-0.2, -0.15) is 0 Å². The van der Waals surface area contributed by atoms with Crippen molar-refractivity contribution < 1.29 is 4.79 Å². The summed E-state index contributed by atoms with van der Waals surface area (Å²) in [5.41, 5.74) is 6.61. The Hall–Kier alpha value is -1.06. The number of nitrogens with two attached hydrogens (primary N) is 1. The molecule has 0 saturated carbocycles. The van der Waals surface area contributed by atoms with E-state index < -0.39 is 6.04 Å². The van der Waals surface area contributed by atoms with Gasteiger partial charge in [-0.25, -0.2) is 0 Å². The number of benzene rings is 1. The van der Waals surface area contributed by atoms with Gasteiger partial charge in [0.05, 0.1) is 12.1 Å². The minimum atomic E-state index is -0.443. The lowest BCUT2D eigenvalue weighted by Gasteiger charge is -2.17. The molecule has 0 aromatic heterocycles. The van der Waals surface area contributed by atoms with Crippen molar-refractivity contribution in [3.63, 3.8) is 0 Å². The molecule has 1 unspecified atom stereocenters. The van der Waals surface area contributed by atoms with Crippen LogP contribution in [0.1, 0.15) is 31.9 Å². The summed E-state index contributed by atoms with van der Waals surface area (Å²) in [7, 11) is 0. The normalized spacial score (nSPS) is 14.2. The highest BCUT2D eigenvalue weighted by Gasteiger charge is 2.14. The van der Waals surface area contributed by atoms with Crippen molar-refractivity contribution in [2.75, 3.05) is 0 Å². The molecule has 1 rings (SSSR count). The quantitative estimate of drug-likeness (QED) is 0.848. The molecular formula is C12H17ClN2O. The second kappa shape index (κ2) is 5.87. The fourth-order valence-electron chi connectivity index (χ4n) is 1.37. The summed E-state index contributed by atoms with van der Waals surface area (Å²) in [4.78, 5) is 11.6. The van der Waals surface area contributed by atoms with E-state index in [0.29, 0.717) is 11.4 Å². The first kappa shape index (κ1) is 13.0. The average Bonchev–Trinajstić information content (AvgIpc) is 2.27. The molecule has 0 radical (unpaired) electrons. The molecule has 3 N–H and O–H groups in total. The topological polar surface area (TPSA) is 55.1 Å². The molecular weight excluding hydrogens is 224 g/mol. The maximum atomic E-state index is 11.6. The Morgan fingerprint density at radius 2 is 2.25 bits per heavy atom. The lowest BCUT2D eigenvalue weighted by Crippen LogP contribution is -2.41. The first-order valence-electron chi connectivity index (χ1n) is 5.36. The zero-order chi connectivity index (χ0) is 12.1. The lowest BCUT2D eigenvalue weighted by atomic mass is 10.1. The highest BCUT2D eigenvalue weighted by atomic mass is 35.5. The second-order valence-electron chi connectivity index (χ2n) is 3.80. The van der Waals surface area contributed by atoms with E-state index in [0.717, 1.165) is 5.56 Å². The second-order valence-corrected chi connectivity index (χ2v) is 4.24. The van der Waals surface area contributed by atoms with Gasteiger partial charge in [0.15, 0.2) is 0 Å². The molecule has 0 bridgehead atoms. The first-order chi connectivity index (χ1) is 7.54. The standard InChI is InChI=1S/C12H17ClN2O/c1-3-11(14)12(16)15-8(2)9-5-4-6-10(13)7-9/h4-8,11H,3,14H2,1-2H3,(H,15,16)/t8-,11?/m0/s1. The number of hydrogen-bond donors (Lipinski definition) is 2. The Morgan fingerprint density at radius 1 is 1.56 bits per heavy atom. The highest BCUT2D eigenvalue weighted by Crippen LogP contribution is 2.17. The van der Waals surface area contributed by atoms with Crippen LogP contribution in [-0.4, -0.2) is 11.9 Å². The lowest BCUT2D eigenvalue weighted by molar-refractivity contribution is -0.123. The average molecular weight is 241 g/mol. The molecule has 88 valence electrons. The number of rotatable bonds is 4. The van der Waals surface area contributed by atoms with Crippen molar-refractivity contribution in [3.05, 3.63) is 34.9 Å². The molecule has 0 aliphatic carbocycles. The molecule has 1 aromatic carbocycles. The van der Waals surface area contributed by atoms with Gasteiger partial charge in [0, 0.05) is 5.02 Å². The summed E-state index contributed by atoms with van der Waals surface area (Å²) in [6.45, 7) is 3.79. The minimum absolute atomic E-state index is 0.0798. The molecule has 0 fully saturated rings. The van der Waals surface area contributed by atoms with Crippen molar-refractivity contribution >= 4 is 17.5 Å². The van der Waals surface area contributed by atoms with Crippen LogP contribution in [0.25, 0.3) is 0 Å². The molecule has 0 heterocycles. The maximum absolute atomic E-state index is 11.6. The summed E-state index contributed by atoms with van der Waals surface area (Å²) >= 11 is 5.88. The van der Waals surface area contributed by atoms with Gasteiger partial charge in [0.1, 0.15) is 0 Å². The predicted octanol–water partition coefficient (Wildman–Crippen LogP) is 2.25. The van der Waals surface area contributed by atoms with Gasteiger partial charge in [-0.3, -0.25) is 4.79 Å². The van der Waals surface area contributed by atoms with Crippen molar-refractivity contribution in [2.45, 2.75) is 32.4 Å². The van der Waals surface area contributed by atoms with E-state index in [2.05, 4.69) is 5.32 Å². The number of carbonyl (C=O) groups is 1. The van der Waals surface area contributed by atoms with Crippen molar-refractivity contribution in [1.82, 2.24) is 5.32 Å². The Bertz CT molecular complexity index is 368. The Balaban J connectivity index is 2.65. The fourth-order valence-corrected chi connectivity index (χ4v) is 1.56. The fraction of sp³-hybridized carbons (Fsp3) is 0.417. The Morgan fingerprint density at radius 3 is 2.81 bits per heavy atom. The van der Waals surface area contributed by atoms with E-state index >= 15 is 0 Å². The summed E-state index contributed by atoms with van der Waals surface area (Å²) in [5.74, 6) is -0.130. The van der Waals surface area contributed by atoms with Gasteiger partial charge in [-0.15, -0.1) is 0 Å². The maximum Gasteiger partial charge on any atom is 0.237 e. The third-order valence-electron chi connectivity index (χ3n) is 2.48. The zero-order valence-corrected chi connectivity index (χ0v) is 10.3. The van der Waals surface area contributed by atoms with Crippen LogP contribution in [-0.2, 0) is 4.79 Å². The molecule has 3 nitrogen and oxygen atoms in total. The molecule has 0 aliphatic heterocycles. The van der Waals surface area contributed by atoms with Crippen molar-refractivity contribution in [3.8, 4) is 0 Å². The molecule has 4 heteroatoms. The number of carbonyl (C=O) groups excluding carboxylic acids is 1. The van der Waals surface area contributed by atoms with Gasteiger partial charge in [0.2, 0.25) is 5.91 Å². The third-order valence-corrected chi connectivity index (χ3v) is 2.72. The van der Waals surface area contributed by atoms with E-state index in [4.69, 9.17) is 17.3 Å². The summed E-state index contributed by atoms with van der Waals surface area (Å²) in [6, 6.07) is 6.90. The number of halogens is 1. The van der Waals surface area contributed by atoms with E-state index in [-0.39, 0.29) is 11.9 Å². The highest BCUT2D eigenvalue weighted by molar-refractivity contribution is 6.30. The van der Waals surface area contributed by atoms with Crippen LogP contribution in [0.15, 0.2) is 24.3 Å². The van der Waals surface area contributed by atoms with E-state index in [1.807, 2.05) is 32.0 Å². The molecule has 0 spiro atoms. The zero-order valence-electron chi connectivity index (χ0n) is 9.53. The third kappa shape index (κ3) is 3.51. The predicted molar refractivity (Wildman–Crippen MR) is 66.3 cm³/mol. The number of amides is 1. The number of nitrogens with one attached hydrogen (secondary N) is 1. The van der Waals surface area contributed by atoms with Gasteiger partial charge in [-0.1, -0.05) is 30.7 Å². The van der Waals surface area contributed by atoms with Crippen LogP contribution in [0.4, 0.5) is 0 Å². The van der Waals surface area contributed by atoms with Crippen LogP contribution >= 0.6 is 11.6 Å². The minimum Gasteiger partial charge on any atom is -0.348 e. The van der Waals surface area contributed by atoms with Crippen LogP contribution in [0, 0.1) is 0 Å². The van der Waals surface area contributed by atoms with Gasteiger partial charge >= 0.3 is 0 Å². The van der Waals surface area contributed by atoms with Crippen molar-refractivity contribution in [2.24, 2.45) is 5.73 Å². The summed E-state index contributed by atoms with van der Waals surface area (Å²) in [6.07, 6.45) is 0.633. The smallest absolute Gasteiger partial charge is 0.237 e. The van der Waals surface area contributed by atoms with Crippen LogP contribution in [0.5, 0.6) is 0 Å². The van der Waals surface area contributed by atoms with Crippen molar-refractivity contribution in [1.29, 1.82) is 0 Å². The molecule has 0 aliphatic rings. The SMILES string of the molecule is CCC(N)C(=O)N[C@@H](C)c1cccc(Cl)c1. The molecule has 0 saturated heterocycles. The number of hydrogen-bond acceptors (Lipinski definition) is 2. The largest absolute Gasteiger partial charge is 0.348 e. The first-order valence-corrected chi connectivity index (χ1v) is 5.73. The Labute approximate surface area is 101 Å². The van der Waals surface area contributed by atoms with Crippen LogP contribution < -0.4 is 11.1 Å². The summed E-state index contributed by atoms with van der Waals surface area (Å²) in [5, 5.41) is 3.52.